The van der Waals surface area contributed by atoms with Gasteiger partial charge >= 0.3 is 6.09 Å². The lowest BCUT2D eigenvalue weighted by atomic mass is 10.0. The van der Waals surface area contributed by atoms with E-state index in [2.05, 4.69) is 5.32 Å². The number of ether oxygens (including phenoxy) is 2. The predicted octanol–water partition coefficient (Wildman–Crippen LogP) is 2.29. The summed E-state index contributed by atoms with van der Waals surface area (Å²) in [5.74, 6) is 0.817. The highest BCUT2D eigenvalue weighted by Gasteiger charge is 2.20. The third-order valence-electron chi connectivity index (χ3n) is 2.45. The first-order chi connectivity index (χ1) is 7.29. The van der Waals surface area contributed by atoms with Gasteiger partial charge in [0.15, 0.2) is 0 Å². The second kappa shape index (κ2) is 5.61. The standard InChI is InChI=1S/C11H13NO3.ClH/c1-14-9-4-2-8(3-5-9)10-6-7-15-11(13)12-10;/h2-5,10H,6-7H2,1H3,(H,12,13);1H/t10-;/m0./s1. The summed E-state index contributed by atoms with van der Waals surface area (Å²) in [4.78, 5) is 11.0. The largest absolute Gasteiger partial charge is 0.497 e. The normalized spacial score (nSPS) is 19.1. The molecule has 1 heterocycles. The van der Waals surface area contributed by atoms with E-state index in [0.29, 0.717) is 6.61 Å². The fourth-order valence-corrected chi connectivity index (χ4v) is 1.61. The number of benzene rings is 1. The minimum absolute atomic E-state index is 0. The number of carbonyl (C=O) groups excluding carboxylic acids is 1. The minimum atomic E-state index is -0.345. The van der Waals surface area contributed by atoms with Gasteiger partial charge in [-0.05, 0) is 17.7 Å². The summed E-state index contributed by atoms with van der Waals surface area (Å²) < 4.78 is 9.87. The van der Waals surface area contributed by atoms with Gasteiger partial charge in [-0.3, -0.25) is 0 Å². The van der Waals surface area contributed by atoms with Gasteiger partial charge in [-0.25, -0.2) is 4.79 Å². The highest BCUT2D eigenvalue weighted by molar-refractivity contribution is 5.85. The van der Waals surface area contributed by atoms with Crippen LogP contribution >= 0.6 is 12.4 Å². The molecule has 1 fully saturated rings. The van der Waals surface area contributed by atoms with Gasteiger partial charge < -0.3 is 14.8 Å². The third kappa shape index (κ3) is 2.79. The van der Waals surface area contributed by atoms with Crippen LogP contribution in [0.1, 0.15) is 18.0 Å². The number of nitrogens with one attached hydrogen (secondary N) is 1. The third-order valence-corrected chi connectivity index (χ3v) is 2.45. The smallest absolute Gasteiger partial charge is 0.407 e. The van der Waals surface area contributed by atoms with Crippen molar-refractivity contribution in [3.8, 4) is 5.75 Å². The van der Waals surface area contributed by atoms with Gasteiger partial charge in [0.25, 0.3) is 0 Å². The molecular formula is C11H14ClNO3. The van der Waals surface area contributed by atoms with Crippen molar-refractivity contribution in [1.82, 2.24) is 5.32 Å². The maximum atomic E-state index is 11.0. The number of amides is 1. The zero-order valence-corrected chi connectivity index (χ0v) is 9.75. The lowest BCUT2D eigenvalue weighted by Gasteiger charge is -2.23. The van der Waals surface area contributed by atoms with E-state index in [1.807, 2.05) is 24.3 Å². The molecule has 2 rings (SSSR count). The summed E-state index contributed by atoms with van der Waals surface area (Å²) in [5, 5.41) is 2.77. The molecule has 88 valence electrons. The van der Waals surface area contributed by atoms with Crippen molar-refractivity contribution in [3.05, 3.63) is 29.8 Å². The van der Waals surface area contributed by atoms with E-state index in [9.17, 15) is 4.79 Å². The van der Waals surface area contributed by atoms with Gasteiger partial charge in [0.1, 0.15) is 5.75 Å². The van der Waals surface area contributed by atoms with Crippen molar-refractivity contribution in [3.63, 3.8) is 0 Å². The zero-order chi connectivity index (χ0) is 10.7. The molecule has 1 aliphatic rings. The van der Waals surface area contributed by atoms with E-state index in [1.165, 1.54) is 0 Å². The van der Waals surface area contributed by atoms with Crippen LogP contribution in [0.4, 0.5) is 4.79 Å². The average molecular weight is 244 g/mol. The van der Waals surface area contributed by atoms with Crippen molar-refractivity contribution in [2.75, 3.05) is 13.7 Å². The van der Waals surface area contributed by atoms with Crippen molar-refractivity contribution in [2.45, 2.75) is 12.5 Å². The number of hydrogen-bond acceptors (Lipinski definition) is 3. The molecule has 0 aromatic heterocycles. The molecule has 0 aliphatic carbocycles. The Hall–Kier alpha value is -1.42. The first-order valence-electron chi connectivity index (χ1n) is 4.87. The maximum Gasteiger partial charge on any atom is 0.407 e. The molecule has 1 atom stereocenters. The van der Waals surface area contributed by atoms with E-state index < -0.39 is 0 Å². The Kier molecular flexibility index (Phi) is 4.43. The molecule has 0 unspecified atom stereocenters. The van der Waals surface area contributed by atoms with Crippen LogP contribution in [0, 0.1) is 0 Å². The van der Waals surface area contributed by atoms with Crippen LogP contribution in [0.2, 0.25) is 0 Å². The number of cyclic esters (lactones) is 1. The molecule has 1 aromatic carbocycles. The van der Waals surface area contributed by atoms with Gasteiger partial charge in [-0.15, -0.1) is 12.4 Å². The van der Waals surface area contributed by atoms with Crippen LogP contribution in [-0.4, -0.2) is 19.8 Å². The van der Waals surface area contributed by atoms with E-state index in [0.717, 1.165) is 17.7 Å². The van der Waals surface area contributed by atoms with Crippen LogP contribution < -0.4 is 10.1 Å². The van der Waals surface area contributed by atoms with Gasteiger partial charge in [0.2, 0.25) is 0 Å². The van der Waals surface area contributed by atoms with E-state index in [1.54, 1.807) is 7.11 Å². The molecule has 5 heteroatoms. The van der Waals surface area contributed by atoms with Crippen LogP contribution in [0.15, 0.2) is 24.3 Å². The van der Waals surface area contributed by atoms with Crippen LogP contribution in [-0.2, 0) is 4.74 Å². The van der Waals surface area contributed by atoms with Gasteiger partial charge in [-0.1, -0.05) is 12.1 Å². The first-order valence-corrected chi connectivity index (χ1v) is 4.87. The zero-order valence-electron chi connectivity index (χ0n) is 8.93. The molecule has 0 saturated carbocycles. The van der Waals surface area contributed by atoms with E-state index in [4.69, 9.17) is 9.47 Å². The molecule has 16 heavy (non-hydrogen) atoms. The second-order valence-electron chi connectivity index (χ2n) is 3.39. The first kappa shape index (κ1) is 12.6. The SMILES string of the molecule is COc1ccc([C@@H]2CCOC(=O)N2)cc1.Cl. The Morgan fingerprint density at radius 2 is 2.06 bits per heavy atom. The summed E-state index contributed by atoms with van der Waals surface area (Å²) >= 11 is 0. The van der Waals surface area contributed by atoms with Gasteiger partial charge in [0, 0.05) is 6.42 Å². The van der Waals surface area contributed by atoms with Crippen molar-refractivity contribution in [2.24, 2.45) is 0 Å². The highest BCUT2D eigenvalue weighted by atomic mass is 35.5. The molecule has 0 radical (unpaired) electrons. The number of methoxy groups -OCH3 is 1. The molecule has 0 spiro atoms. The molecule has 1 N–H and O–H groups in total. The summed E-state index contributed by atoms with van der Waals surface area (Å²) in [7, 11) is 1.63. The van der Waals surface area contributed by atoms with Crippen molar-refractivity contribution in [1.29, 1.82) is 0 Å². The summed E-state index contributed by atoms with van der Waals surface area (Å²) in [6.45, 7) is 0.475. The molecule has 4 nitrogen and oxygen atoms in total. The molecule has 1 amide bonds. The predicted molar refractivity (Wildman–Crippen MR) is 62.1 cm³/mol. The number of alkyl carbamates (subject to hydrolysis) is 1. The lowest BCUT2D eigenvalue weighted by Crippen LogP contribution is -2.35. The summed E-state index contributed by atoms with van der Waals surface area (Å²) in [6.07, 6.45) is 0.458. The quantitative estimate of drug-likeness (QED) is 0.867. The maximum absolute atomic E-state index is 11.0. The average Bonchev–Trinajstić information content (AvgIpc) is 2.29. The van der Waals surface area contributed by atoms with E-state index >= 15 is 0 Å². The number of carbonyl (C=O) groups is 1. The fraction of sp³-hybridized carbons (Fsp3) is 0.364. The molecule has 0 bridgehead atoms. The summed E-state index contributed by atoms with van der Waals surface area (Å²) in [6, 6.07) is 7.73. The summed E-state index contributed by atoms with van der Waals surface area (Å²) in [5.41, 5.74) is 1.08. The van der Waals surface area contributed by atoms with Gasteiger partial charge in [0.05, 0.1) is 19.8 Å². The van der Waals surface area contributed by atoms with Crippen LogP contribution in [0.5, 0.6) is 5.75 Å². The second-order valence-corrected chi connectivity index (χ2v) is 3.39. The van der Waals surface area contributed by atoms with Crippen molar-refractivity contribution >= 4 is 18.5 Å². The van der Waals surface area contributed by atoms with Gasteiger partial charge in [-0.2, -0.15) is 0 Å². The Morgan fingerprint density at radius 1 is 1.38 bits per heavy atom. The minimum Gasteiger partial charge on any atom is -0.497 e. The Bertz CT molecular complexity index is 353. The van der Waals surface area contributed by atoms with Crippen LogP contribution in [0.25, 0.3) is 0 Å². The number of rotatable bonds is 2. The Labute approximate surface area is 100 Å². The molecule has 1 saturated heterocycles. The van der Waals surface area contributed by atoms with Crippen LogP contribution in [0.3, 0.4) is 0 Å². The molecule has 1 aliphatic heterocycles. The monoisotopic (exact) mass is 243 g/mol. The Morgan fingerprint density at radius 3 is 2.62 bits per heavy atom. The Balaban J connectivity index is 0.00000128. The lowest BCUT2D eigenvalue weighted by molar-refractivity contribution is 0.115. The highest BCUT2D eigenvalue weighted by Crippen LogP contribution is 2.22. The van der Waals surface area contributed by atoms with E-state index in [-0.39, 0.29) is 24.5 Å². The topological polar surface area (TPSA) is 47.6 Å². The fourth-order valence-electron chi connectivity index (χ4n) is 1.61. The molecule has 1 aromatic rings. The number of hydrogen-bond donors (Lipinski definition) is 1. The molecular weight excluding hydrogens is 230 g/mol. The number of halogens is 1. The van der Waals surface area contributed by atoms with Crippen molar-refractivity contribution < 1.29 is 14.3 Å².